The first-order valence-electron chi connectivity index (χ1n) is 12.6. The summed E-state index contributed by atoms with van der Waals surface area (Å²) in [7, 11) is 0. The average molecular weight is 529 g/mol. The lowest BCUT2D eigenvalue weighted by molar-refractivity contribution is -0.154. The molecule has 1 saturated heterocycles. The number of rotatable bonds is 10. The largest absolute Gasteiger partial charge is 0.397 e. The van der Waals surface area contributed by atoms with E-state index in [1.54, 1.807) is 18.5 Å². The number of nitrogens with two attached hydrogens (primary N) is 1. The smallest absolute Gasteiger partial charge is 0.366 e. The highest BCUT2D eigenvalue weighted by molar-refractivity contribution is 5.92. The fraction of sp³-hybridized carbons (Fsp3) is 0.407. The lowest BCUT2D eigenvalue weighted by atomic mass is 10.0. The molecule has 0 aliphatic carbocycles. The summed E-state index contributed by atoms with van der Waals surface area (Å²) in [4.78, 5) is 29.9. The zero-order valence-electron chi connectivity index (χ0n) is 20.9. The lowest BCUT2D eigenvalue weighted by Crippen LogP contribution is -2.38. The van der Waals surface area contributed by atoms with Crippen molar-refractivity contribution in [1.29, 1.82) is 0 Å². The fourth-order valence-corrected chi connectivity index (χ4v) is 4.69. The van der Waals surface area contributed by atoms with Crippen LogP contribution >= 0.6 is 0 Å². The monoisotopic (exact) mass is 528 g/mol. The SMILES string of the molecule is NC(=O)c1ccc(Cc2ncn(C3CCN(CCC(NC(=O)CC(F)(F)F)c4ccccc4)CC3)n2)cc1. The minimum absolute atomic E-state index is 0.209. The van der Waals surface area contributed by atoms with Gasteiger partial charge in [-0.25, -0.2) is 9.67 Å². The van der Waals surface area contributed by atoms with Gasteiger partial charge in [-0.2, -0.15) is 18.3 Å². The van der Waals surface area contributed by atoms with E-state index in [-0.39, 0.29) is 6.04 Å². The molecule has 2 aromatic carbocycles. The van der Waals surface area contributed by atoms with Gasteiger partial charge in [0.25, 0.3) is 0 Å². The molecule has 0 radical (unpaired) electrons. The normalized spacial score (nSPS) is 15.8. The Bertz CT molecular complexity index is 1210. The van der Waals surface area contributed by atoms with Crippen LogP contribution in [0.3, 0.4) is 0 Å². The molecule has 1 aliphatic rings. The van der Waals surface area contributed by atoms with E-state index in [1.165, 1.54) is 0 Å². The van der Waals surface area contributed by atoms with E-state index in [1.807, 2.05) is 47.1 Å². The average Bonchev–Trinajstić information content (AvgIpc) is 3.35. The zero-order valence-corrected chi connectivity index (χ0v) is 20.9. The summed E-state index contributed by atoms with van der Waals surface area (Å²) in [6, 6.07) is 15.9. The summed E-state index contributed by atoms with van der Waals surface area (Å²) in [5.41, 5.74) is 7.52. The predicted molar refractivity (Wildman–Crippen MR) is 135 cm³/mol. The van der Waals surface area contributed by atoms with Gasteiger partial charge < -0.3 is 16.0 Å². The van der Waals surface area contributed by atoms with Crippen molar-refractivity contribution in [3.05, 3.63) is 83.4 Å². The number of likely N-dealkylation sites (tertiary alicyclic amines) is 1. The van der Waals surface area contributed by atoms with Crippen LogP contribution in [0.15, 0.2) is 60.9 Å². The Labute approximate surface area is 219 Å². The van der Waals surface area contributed by atoms with Gasteiger partial charge in [0.05, 0.1) is 12.1 Å². The molecule has 8 nitrogen and oxygen atoms in total. The summed E-state index contributed by atoms with van der Waals surface area (Å²) in [5, 5.41) is 7.21. The minimum Gasteiger partial charge on any atom is -0.366 e. The van der Waals surface area contributed by atoms with Crippen molar-refractivity contribution in [3.8, 4) is 0 Å². The Morgan fingerprint density at radius 3 is 2.37 bits per heavy atom. The Kier molecular flexibility index (Phi) is 8.77. The first-order chi connectivity index (χ1) is 18.2. The minimum atomic E-state index is -4.54. The van der Waals surface area contributed by atoms with Gasteiger partial charge in [0.2, 0.25) is 11.8 Å². The highest BCUT2D eigenvalue weighted by Gasteiger charge is 2.32. The molecule has 2 amide bonds. The van der Waals surface area contributed by atoms with Gasteiger partial charge in [-0.1, -0.05) is 42.5 Å². The molecule has 1 aromatic heterocycles. The Morgan fingerprint density at radius 2 is 1.74 bits per heavy atom. The molecule has 1 unspecified atom stereocenters. The summed E-state index contributed by atoms with van der Waals surface area (Å²) in [6.07, 6.45) is -1.48. The third-order valence-corrected chi connectivity index (χ3v) is 6.72. The molecule has 3 aromatic rings. The molecule has 3 N–H and O–H groups in total. The maximum Gasteiger partial charge on any atom is 0.397 e. The summed E-state index contributed by atoms with van der Waals surface area (Å²) >= 11 is 0. The van der Waals surface area contributed by atoms with Crippen LogP contribution in [-0.4, -0.2) is 57.3 Å². The molecular formula is C27H31F3N6O2. The number of benzene rings is 2. The Balaban J connectivity index is 1.28. The molecule has 11 heteroatoms. The second-order valence-electron chi connectivity index (χ2n) is 9.56. The standard InChI is InChI=1S/C27H31F3N6O2/c28-27(29,30)17-25(37)33-23(20-4-2-1-3-5-20)12-15-35-13-10-22(11-14-35)36-18-32-24(34-36)16-19-6-8-21(9-7-19)26(31)38/h1-9,18,22-23H,10-17H2,(H2,31,38)(H,33,37). The van der Waals surface area contributed by atoms with Crippen molar-refractivity contribution in [3.63, 3.8) is 0 Å². The molecule has 2 heterocycles. The van der Waals surface area contributed by atoms with Gasteiger partial charge >= 0.3 is 6.18 Å². The van der Waals surface area contributed by atoms with Crippen molar-refractivity contribution in [2.75, 3.05) is 19.6 Å². The molecule has 1 fully saturated rings. The van der Waals surface area contributed by atoms with Gasteiger partial charge in [-0.05, 0) is 42.5 Å². The molecule has 38 heavy (non-hydrogen) atoms. The Morgan fingerprint density at radius 1 is 1.05 bits per heavy atom. The van der Waals surface area contributed by atoms with Crippen LogP contribution in [0.4, 0.5) is 13.2 Å². The van der Waals surface area contributed by atoms with Gasteiger partial charge in [0, 0.05) is 31.6 Å². The molecule has 4 rings (SSSR count). The van der Waals surface area contributed by atoms with Gasteiger partial charge in [0.15, 0.2) is 5.82 Å². The van der Waals surface area contributed by atoms with Gasteiger partial charge in [0.1, 0.15) is 12.7 Å². The number of hydrogen-bond donors (Lipinski definition) is 2. The topological polar surface area (TPSA) is 106 Å². The number of nitrogens with one attached hydrogen (secondary N) is 1. The molecule has 202 valence electrons. The number of primary amides is 1. The Hall–Kier alpha value is -3.73. The lowest BCUT2D eigenvalue weighted by Gasteiger charge is -2.33. The van der Waals surface area contributed by atoms with Gasteiger partial charge in [-0.15, -0.1) is 0 Å². The molecule has 0 spiro atoms. The van der Waals surface area contributed by atoms with Crippen LogP contribution in [0.1, 0.15) is 65.1 Å². The number of hydrogen-bond acceptors (Lipinski definition) is 5. The van der Waals surface area contributed by atoms with Crippen molar-refractivity contribution in [2.24, 2.45) is 5.73 Å². The number of carbonyl (C=O) groups excluding carboxylic acids is 2. The third-order valence-electron chi connectivity index (χ3n) is 6.72. The molecular weight excluding hydrogens is 497 g/mol. The van der Waals surface area contributed by atoms with Crippen molar-refractivity contribution < 1.29 is 22.8 Å². The molecule has 0 saturated carbocycles. The van der Waals surface area contributed by atoms with Crippen LogP contribution < -0.4 is 11.1 Å². The number of piperidine rings is 1. The van der Waals surface area contributed by atoms with Crippen LogP contribution in [0.2, 0.25) is 0 Å². The van der Waals surface area contributed by atoms with E-state index < -0.39 is 30.5 Å². The van der Waals surface area contributed by atoms with Gasteiger partial charge in [-0.3, -0.25) is 9.59 Å². The number of nitrogens with zero attached hydrogens (tertiary/aromatic N) is 4. The maximum absolute atomic E-state index is 12.7. The fourth-order valence-electron chi connectivity index (χ4n) is 4.69. The van der Waals surface area contributed by atoms with Crippen LogP contribution in [0, 0.1) is 0 Å². The number of halogens is 3. The number of aromatic nitrogens is 3. The summed E-state index contributed by atoms with van der Waals surface area (Å²) in [5.74, 6) is -0.789. The first-order valence-corrected chi connectivity index (χ1v) is 12.6. The van der Waals surface area contributed by atoms with E-state index in [4.69, 9.17) is 5.73 Å². The highest BCUT2D eigenvalue weighted by atomic mass is 19.4. The van der Waals surface area contributed by atoms with Crippen molar-refractivity contribution in [1.82, 2.24) is 25.0 Å². The quantitative estimate of drug-likeness (QED) is 0.416. The molecule has 1 aliphatic heterocycles. The third kappa shape index (κ3) is 7.88. The summed E-state index contributed by atoms with van der Waals surface area (Å²) in [6.45, 7) is 2.28. The van der Waals surface area contributed by atoms with Crippen LogP contribution in [-0.2, 0) is 11.2 Å². The summed E-state index contributed by atoms with van der Waals surface area (Å²) < 4.78 is 39.9. The molecule has 1 atom stereocenters. The second kappa shape index (κ2) is 12.2. The van der Waals surface area contributed by atoms with E-state index >= 15 is 0 Å². The van der Waals surface area contributed by atoms with Crippen molar-refractivity contribution >= 4 is 11.8 Å². The van der Waals surface area contributed by atoms with E-state index in [9.17, 15) is 22.8 Å². The predicted octanol–water partition coefficient (Wildman–Crippen LogP) is 3.80. The second-order valence-corrected chi connectivity index (χ2v) is 9.56. The van der Waals surface area contributed by atoms with E-state index in [0.29, 0.717) is 30.8 Å². The highest BCUT2D eigenvalue weighted by Crippen LogP contribution is 2.25. The van der Waals surface area contributed by atoms with Crippen LogP contribution in [0.25, 0.3) is 0 Å². The van der Waals surface area contributed by atoms with E-state index in [2.05, 4.69) is 20.3 Å². The van der Waals surface area contributed by atoms with Crippen molar-refractivity contribution in [2.45, 2.75) is 50.4 Å². The number of carbonyl (C=O) groups is 2. The first kappa shape index (κ1) is 27.3. The van der Waals surface area contributed by atoms with E-state index in [0.717, 1.165) is 37.1 Å². The maximum atomic E-state index is 12.7. The van der Waals surface area contributed by atoms with Crippen LogP contribution in [0.5, 0.6) is 0 Å². The number of amides is 2. The molecule has 0 bridgehead atoms. The number of alkyl halides is 3. The zero-order chi connectivity index (χ0) is 27.1.